The van der Waals surface area contributed by atoms with Crippen molar-refractivity contribution in [2.75, 3.05) is 6.54 Å². The van der Waals surface area contributed by atoms with E-state index in [1.165, 1.54) is 0 Å². The second-order valence-corrected chi connectivity index (χ2v) is 4.12. The lowest BCUT2D eigenvalue weighted by Gasteiger charge is -2.12. The molecule has 0 fully saturated rings. The summed E-state index contributed by atoms with van der Waals surface area (Å²) in [7, 11) is 0. The second kappa shape index (κ2) is 6.51. The van der Waals surface area contributed by atoms with E-state index < -0.39 is 0 Å². The number of nitrogens with one attached hydrogen (secondary N) is 1. The van der Waals surface area contributed by atoms with Crippen LogP contribution in [0, 0.1) is 5.92 Å². The van der Waals surface area contributed by atoms with Gasteiger partial charge in [-0.05, 0) is 24.1 Å². The molecule has 3 N–H and O–H groups in total. The van der Waals surface area contributed by atoms with Crippen LogP contribution in [0.4, 0.5) is 0 Å². The van der Waals surface area contributed by atoms with Gasteiger partial charge >= 0.3 is 0 Å². The van der Waals surface area contributed by atoms with Crippen LogP contribution in [0.15, 0.2) is 24.3 Å². The fourth-order valence-electron chi connectivity index (χ4n) is 1.39. The van der Waals surface area contributed by atoms with Crippen LogP contribution in [0.5, 0.6) is 0 Å². The molecule has 0 bridgehead atoms. The molecule has 0 aromatic heterocycles. The first-order valence-electron chi connectivity index (χ1n) is 5.39. The molecule has 0 radical (unpaired) electrons. The Morgan fingerprint density at radius 2 is 2.06 bits per heavy atom. The fourth-order valence-corrected chi connectivity index (χ4v) is 1.52. The fraction of sp³-hybridized carbons (Fsp3) is 0.417. The molecule has 0 aliphatic heterocycles. The Kier molecular flexibility index (Phi) is 5.29. The topological polar surface area (TPSA) is 55.1 Å². The summed E-state index contributed by atoms with van der Waals surface area (Å²) in [6.07, 6.45) is 0.767. The largest absolute Gasteiger partial charge is 0.352 e. The van der Waals surface area contributed by atoms with Gasteiger partial charge in [-0.15, -0.1) is 0 Å². The van der Waals surface area contributed by atoms with Gasteiger partial charge in [0.05, 0.1) is 0 Å². The van der Waals surface area contributed by atoms with Crippen LogP contribution in [0.25, 0.3) is 0 Å². The average molecular weight is 241 g/mol. The summed E-state index contributed by atoms with van der Waals surface area (Å²) in [5.74, 6) is -0.0766. The van der Waals surface area contributed by atoms with Crippen molar-refractivity contribution in [3.05, 3.63) is 34.9 Å². The smallest absolute Gasteiger partial charge is 0.224 e. The molecule has 0 saturated heterocycles. The summed E-state index contributed by atoms with van der Waals surface area (Å²) in [5.41, 5.74) is 6.53. The second-order valence-electron chi connectivity index (χ2n) is 3.69. The SMILES string of the molecule is CCC(CN)C(=O)NCc1ccc(Cl)cc1. The molecule has 0 saturated carbocycles. The monoisotopic (exact) mass is 240 g/mol. The summed E-state index contributed by atoms with van der Waals surface area (Å²) in [4.78, 5) is 11.6. The summed E-state index contributed by atoms with van der Waals surface area (Å²) in [6, 6.07) is 7.41. The highest BCUT2D eigenvalue weighted by Crippen LogP contribution is 2.09. The molecule has 0 aliphatic carbocycles. The van der Waals surface area contributed by atoms with Crippen LogP contribution in [0.1, 0.15) is 18.9 Å². The highest BCUT2D eigenvalue weighted by atomic mass is 35.5. The van der Waals surface area contributed by atoms with Gasteiger partial charge in [-0.3, -0.25) is 4.79 Å². The molecule has 4 heteroatoms. The predicted octanol–water partition coefficient (Wildman–Crippen LogP) is 1.94. The first-order chi connectivity index (χ1) is 7.67. The normalized spacial score (nSPS) is 12.2. The number of amides is 1. The highest BCUT2D eigenvalue weighted by molar-refractivity contribution is 6.30. The molecule has 3 nitrogen and oxygen atoms in total. The minimum absolute atomic E-state index is 0.0138. The predicted molar refractivity (Wildman–Crippen MR) is 66.1 cm³/mol. The molecule has 1 aromatic carbocycles. The first kappa shape index (κ1) is 13.0. The van der Waals surface area contributed by atoms with Crippen LogP contribution >= 0.6 is 11.6 Å². The van der Waals surface area contributed by atoms with Crippen molar-refractivity contribution in [3.8, 4) is 0 Å². The summed E-state index contributed by atoms with van der Waals surface area (Å²) >= 11 is 5.77. The van der Waals surface area contributed by atoms with E-state index in [1.54, 1.807) is 0 Å². The lowest BCUT2D eigenvalue weighted by Crippen LogP contribution is -2.34. The Morgan fingerprint density at radius 3 is 2.56 bits per heavy atom. The lowest BCUT2D eigenvalue weighted by atomic mass is 10.1. The Hall–Kier alpha value is -1.06. The minimum atomic E-state index is -0.0905. The van der Waals surface area contributed by atoms with Crippen molar-refractivity contribution in [2.45, 2.75) is 19.9 Å². The third-order valence-corrected chi connectivity index (χ3v) is 2.78. The number of hydrogen-bond acceptors (Lipinski definition) is 2. The van der Waals surface area contributed by atoms with Crippen molar-refractivity contribution < 1.29 is 4.79 Å². The molecule has 1 amide bonds. The van der Waals surface area contributed by atoms with Crippen molar-refractivity contribution in [1.82, 2.24) is 5.32 Å². The summed E-state index contributed by atoms with van der Waals surface area (Å²) < 4.78 is 0. The van der Waals surface area contributed by atoms with Crippen LogP contribution in [0.2, 0.25) is 5.02 Å². The van der Waals surface area contributed by atoms with Crippen LogP contribution in [-0.4, -0.2) is 12.5 Å². The van der Waals surface area contributed by atoms with E-state index >= 15 is 0 Å². The quantitative estimate of drug-likeness (QED) is 0.827. The van der Waals surface area contributed by atoms with E-state index in [0.29, 0.717) is 18.1 Å². The molecule has 1 unspecified atom stereocenters. The molecule has 0 heterocycles. The van der Waals surface area contributed by atoms with Gasteiger partial charge < -0.3 is 11.1 Å². The molecule has 16 heavy (non-hydrogen) atoms. The molecule has 0 aliphatic rings. The van der Waals surface area contributed by atoms with Crippen LogP contribution < -0.4 is 11.1 Å². The zero-order valence-electron chi connectivity index (χ0n) is 9.37. The number of benzene rings is 1. The zero-order chi connectivity index (χ0) is 12.0. The van der Waals surface area contributed by atoms with E-state index in [2.05, 4.69) is 5.32 Å². The van der Waals surface area contributed by atoms with Gasteiger partial charge in [0.15, 0.2) is 0 Å². The summed E-state index contributed by atoms with van der Waals surface area (Å²) in [6.45, 7) is 2.87. The van der Waals surface area contributed by atoms with E-state index in [1.807, 2.05) is 31.2 Å². The Bertz CT molecular complexity index is 333. The van der Waals surface area contributed by atoms with Gasteiger partial charge in [-0.25, -0.2) is 0 Å². The third kappa shape index (κ3) is 3.83. The van der Waals surface area contributed by atoms with Crippen molar-refractivity contribution in [1.29, 1.82) is 0 Å². The van der Waals surface area contributed by atoms with E-state index in [9.17, 15) is 4.79 Å². The number of carbonyl (C=O) groups excluding carboxylic acids is 1. The standard InChI is InChI=1S/C12H17ClN2O/c1-2-10(7-14)12(16)15-8-9-3-5-11(13)6-4-9/h3-6,10H,2,7-8,14H2,1H3,(H,15,16). The summed E-state index contributed by atoms with van der Waals surface area (Å²) in [5, 5.41) is 3.56. The minimum Gasteiger partial charge on any atom is -0.352 e. The maximum Gasteiger partial charge on any atom is 0.224 e. The van der Waals surface area contributed by atoms with Crippen molar-refractivity contribution in [3.63, 3.8) is 0 Å². The van der Waals surface area contributed by atoms with Gasteiger partial charge in [-0.2, -0.15) is 0 Å². The van der Waals surface area contributed by atoms with Gasteiger partial charge in [0.1, 0.15) is 0 Å². The number of carbonyl (C=O) groups is 1. The molecule has 1 rings (SSSR count). The maximum absolute atomic E-state index is 11.6. The molecular formula is C12H17ClN2O. The number of rotatable bonds is 5. The molecular weight excluding hydrogens is 224 g/mol. The third-order valence-electron chi connectivity index (χ3n) is 2.53. The first-order valence-corrected chi connectivity index (χ1v) is 5.77. The van der Waals surface area contributed by atoms with Crippen molar-refractivity contribution >= 4 is 17.5 Å². The van der Waals surface area contributed by atoms with Gasteiger partial charge in [0.2, 0.25) is 5.91 Å². The maximum atomic E-state index is 11.6. The molecule has 0 spiro atoms. The molecule has 88 valence electrons. The zero-order valence-corrected chi connectivity index (χ0v) is 10.1. The Labute approximate surface area is 101 Å². The van der Waals surface area contributed by atoms with E-state index in [-0.39, 0.29) is 11.8 Å². The van der Waals surface area contributed by atoms with E-state index in [4.69, 9.17) is 17.3 Å². The molecule has 1 atom stereocenters. The average Bonchev–Trinajstić information content (AvgIpc) is 2.30. The number of hydrogen-bond donors (Lipinski definition) is 2. The van der Waals surface area contributed by atoms with Crippen LogP contribution in [-0.2, 0) is 11.3 Å². The van der Waals surface area contributed by atoms with Crippen LogP contribution in [0.3, 0.4) is 0 Å². The van der Waals surface area contributed by atoms with Gasteiger partial charge in [0, 0.05) is 24.0 Å². The highest BCUT2D eigenvalue weighted by Gasteiger charge is 2.13. The number of halogens is 1. The Morgan fingerprint density at radius 1 is 1.44 bits per heavy atom. The Balaban J connectivity index is 2.45. The van der Waals surface area contributed by atoms with Gasteiger partial charge in [0.25, 0.3) is 0 Å². The van der Waals surface area contributed by atoms with Crippen molar-refractivity contribution in [2.24, 2.45) is 11.7 Å². The molecule has 1 aromatic rings. The van der Waals surface area contributed by atoms with E-state index in [0.717, 1.165) is 12.0 Å². The number of nitrogens with two attached hydrogens (primary N) is 1. The van der Waals surface area contributed by atoms with Gasteiger partial charge in [-0.1, -0.05) is 30.7 Å². The lowest BCUT2D eigenvalue weighted by molar-refractivity contribution is -0.124.